The van der Waals surface area contributed by atoms with Crippen molar-refractivity contribution in [3.63, 3.8) is 0 Å². The molecule has 2 rings (SSSR count). The lowest BCUT2D eigenvalue weighted by Gasteiger charge is -2.34. The van der Waals surface area contributed by atoms with Gasteiger partial charge < -0.3 is 0 Å². The Bertz CT molecular complexity index is 496. The molecule has 0 saturated heterocycles. The van der Waals surface area contributed by atoms with Crippen LogP contribution in [0.1, 0.15) is 49.4 Å². The summed E-state index contributed by atoms with van der Waals surface area (Å²) in [5.74, 6) is -0.784. The van der Waals surface area contributed by atoms with Crippen LogP contribution in [0.4, 0.5) is 8.78 Å². The molecule has 0 spiro atoms. The van der Waals surface area contributed by atoms with Crippen LogP contribution in [-0.2, 0) is 0 Å². The first-order valence-corrected chi connectivity index (χ1v) is 7.69. The first-order chi connectivity index (χ1) is 10.0. The van der Waals surface area contributed by atoms with E-state index >= 15 is 0 Å². The third-order valence-electron chi connectivity index (χ3n) is 4.64. The molecule has 1 aromatic carbocycles. The smallest absolute Gasteiger partial charge is 0.179 e. The maximum absolute atomic E-state index is 13.6. The molecule has 0 atom stereocenters. The first kappa shape index (κ1) is 16.1. The zero-order chi connectivity index (χ0) is 15.4. The number of ketones is 1. The maximum Gasteiger partial charge on any atom is 0.179 e. The number of nitrogens with zero attached hydrogens (tertiary/aromatic N) is 1. The molecule has 116 valence electrons. The van der Waals surface area contributed by atoms with Crippen molar-refractivity contribution in [2.24, 2.45) is 5.92 Å². The fourth-order valence-corrected chi connectivity index (χ4v) is 3.15. The summed E-state index contributed by atoms with van der Waals surface area (Å²) in [6.07, 6.45) is 5.74. The van der Waals surface area contributed by atoms with Gasteiger partial charge >= 0.3 is 0 Å². The highest BCUT2D eigenvalue weighted by Crippen LogP contribution is 2.29. The van der Waals surface area contributed by atoms with Gasteiger partial charge in [0.15, 0.2) is 5.78 Å². The van der Waals surface area contributed by atoms with Crippen LogP contribution >= 0.6 is 0 Å². The number of hydrogen-bond donors (Lipinski definition) is 0. The molecule has 1 aliphatic rings. The van der Waals surface area contributed by atoms with Gasteiger partial charge in [-0.15, -0.1) is 0 Å². The maximum atomic E-state index is 13.6. The molecule has 4 heteroatoms. The van der Waals surface area contributed by atoms with E-state index in [4.69, 9.17) is 0 Å². The predicted molar refractivity (Wildman–Crippen MR) is 79.4 cm³/mol. The molecule has 0 radical (unpaired) electrons. The van der Waals surface area contributed by atoms with Crippen LogP contribution in [-0.4, -0.2) is 30.3 Å². The summed E-state index contributed by atoms with van der Waals surface area (Å²) >= 11 is 0. The van der Waals surface area contributed by atoms with Gasteiger partial charge in [-0.3, -0.25) is 9.69 Å². The van der Waals surface area contributed by atoms with Crippen molar-refractivity contribution in [2.45, 2.75) is 45.1 Å². The summed E-state index contributed by atoms with van der Waals surface area (Å²) in [6.45, 7) is 2.35. The Morgan fingerprint density at radius 3 is 2.52 bits per heavy atom. The molecule has 0 aliphatic heterocycles. The topological polar surface area (TPSA) is 20.3 Å². The highest BCUT2D eigenvalue weighted by atomic mass is 19.1. The summed E-state index contributed by atoms with van der Waals surface area (Å²) in [4.78, 5) is 14.1. The highest BCUT2D eigenvalue weighted by Gasteiger charge is 2.25. The van der Waals surface area contributed by atoms with Gasteiger partial charge in [0.05, 0.1) is 12.1 Å². The van der Waals surface area contributed by atoms with E-state index < -0.39 is 11.6 Å². The second kappa shape index (κ2) is 7.12. The van der Waals surface area contributed by atoms with E-state index in [1.165, 1.54) is 19.3 Å². The number of hydrogen-bond acceptors (Lipinski definition) is 2. The lowest BCUT2D eigenvalue weighted by atomic mass is 9.84. The Labute approximate surface area is 125 Å². The van der Waals surface area contributed by atoms with Gasteiger partial charge in [-0.05, 0) is 56.8 Å². The summed E-state index contributed by atoms with van der Waals surface area (Å²) in [5, 5.41) is 0. The van der Waals surface area contributed by atoms with Gasteiger partial charge in [-0.1, -0.05) is 13.3 Å². The number of benzene rings is 1. The summed E-state index contributed by atoms with van der Waals surface area (Å²) in [6, 6.07) is 3.39. The summed E-state index contributed by atoms with van der Waals surface area (Å²) in [5.41, 5.74) is -0.149. The van der Waals surface area contributed by atoms with Crippen LogP contribution < -0.4 is 0 Å². The van der Waals surface area contributed by atoms with E-state index in [1.54, 1.807) is 0 Å². The molecule has 1 aliphatic carbocycles. The van der Waals surface area contributed by atoms with Crippen molar-refractivity contribution in [3.8, 4) is 0 Å². The Balaban J connectivity index is 1.95. The van der Waals surface area contributed by atoms with E-state index in [0.29, 0.717) is 6.04 Å². The van der Waals surface area contributed by atoms with Gasteiger partial charge in [0, 0.05) is 6.04 Å². The number of rotatable bonds is 5. The zero-order valence-electron chi connectivity index (χ0n) is 12.7. The minimum atomic E-state index is -0.649. The van der Waals surface area contributed by atoms with Crippen LogP contribution in [0, 0.1) is 17.6 Å². The molecule has 1 aromatic rings. The van der Waals surface area contributed by atoms with Crippen molar-refractivity contribution < 1.29 is 13.6 Å². The second-order valence-corrected chi connectivity index (χ2v) is 6.05. The third-order valence-corrected chi connectivity index (χ3v) is 4.64. The normalized spacial score (nSPS) is 22.5. The minimum absolute atomic E-state index is 0.141. The zero-order valence-corrected chi connectivity index (χ0v) is 12.7. The molecule has 2 nitrogen and oxygen atoms in total. The standard InChI is InChI=1S/C17H23F2NO/c1-3-12-4-7-14(8-5-12)20(2)11-17(21)15-10-13(18)6-9-16(15)19/h6,9-10,12,14H,3-5,7-8,11H2,1-2H3. The fourth-order valence-electron chi connectivity index (χ4n) is 3.15. The van der Waals surface area contributed by atoms with E-state index in [0.717, 1.165) is 37.0 Å². The van der Waals surface area contributed by atoms with E-state index in [2.05, 4.69) is 6.92 Å². The van der Waals surface area contributed by atoms with Crippen LogP contribution in [0.15, 0.2) is 18.2 Å². The molecular formula is C17H23F2NO. The number of carbonyl (C=O) groups is 1. The average molecular weight is 295 g/mol. The molecule has 0 N–H and O–H groups in total. The molecule has 1 fully saturated rings. The number of Topliss-reactive ketones (excluding diaryl/α,β-unsaturated/α-hetero) is 1. The number of carbonyl (C=O) groups excluding carboxylic acids is 1. The SMILES string of the molecule is CCC1CCC(N(C)CC(=O)c2cc(F)ccc2F)CC1. The molecule has 0 aromatic heterocycles. The number of halogens is 2. The van der Waals surface area contributed by atoms with Gasteiger partial charge in [-0.25, -0.2) is 8.78 Å². The van der Waals surface area contributed by atoms with Crippen molar-refractivity contribution in [3.05, 3.63) is 35.4 Å². The van der Waals surface area contributed by atoms with Gasteiger partial charge in [0.25, 0.3) is 0 Å². The average Bonchev–Trinajstić information content (AvgIpc) is 2.49. The van der Waals surface area contributed by atoms with E-state index in [-0.39, 0.29) is 17.9 Å². The van der Waals surface area contributed by atoms with E-state index in [9.17, 15) is 13.6 Å². The predicted octanol–water partition coefficient (Wildman–Crippen LogP) is 4.05. The molecule has 0 unspecified atom stereocenters. The Kier molecular flexibility index (Phi) is 5.45. The Hall–Kier alpha value is -1.29. The number of likely N-dealkylation sites (N-methyl/N-ethyl adjacent to an activating group) is 1. The summed E-state index contributed by atoms with van der Waals surface area (Å²) < 4.78 is 26.8. The lowest BCUT2D eigenvalue weighted by molar-refractivity contribution is 0.0880. The van der Waals surface area contributed by atoms with Crippen molar-refractivity contribution in [1.82, 2.24) is 4.90 Å². The lowest BCUT2D eigenvalue weighted by Crippen LogP contribution is -2.38. The van der Waals surface area contributed by atoms with Crippen LogP contribution in [0.3, 0.4) is 0 Å². The monoisotopic (exact) mass is 295 g/mol. The van der Waals surface area contributed by atoms with Gasteiger partial charge in [-0.2, -0.15) is 0 Å². The van der Waals surface area contributed by atoms with Gasteiger partial charge in [0.2, 0.25) is 0 Å². The van der Waals surface area contributed by atoms with Crippen LogP contribution in [0.25, 0.3) is 0 Å². The largest absolute Gasteiger partial charge is 0.296 e. The summed E-state index contributed by atoms with van der Waals surface area (Å²) in [7, 11) is 1.89. The second-order valence-electron chi connectivity index (χ2n) is 6.05. The van der Waals surface area contributed by atoms with Crippen molar-refractivity contribution in [2.75, 3.05) is 13.6 Å². The molecule has 1 saturated carbocycles. The van der Waals surface area contributed by atoms with E-state index in [1.807, 2.05) is 11.9 Å². The molecule has 0 heterocycles. The first-order valence-electron chi connectivity index (χ1n) is 7.69. The highest BCUT2D eigenvalue weighted by molar-refractivity contribution is 5.97. The molecule has 21 heavy (non-hydrogen) atoms. The molecular weight excluding hydrogens is 272 g/mol. The molecule has 0 bridgehead atoms. The minimum Gasteiger partial charge on any atom is -0.296 e. The molecule has 0 amide bonds. The Morgan fingerprint density at radius 2 is 1.90 bits per heavy atom. The fraction of sp³-hybridized carbons (Fsp3) is 0.588. The Morgan fingerprint density at radius 1 is 1.24 bits per heavy atom. The van der Waals surface area contributed by atoms with Crippen molar-refractivity contribution in [1.29, 1.82) is 0 Å². The van der Waals surface area contributed by atoms with Crippen LogP contribution in [0.2, 0.25) is 0 Å². The third kappa shape index (κ3) is 4.10. The van der Waals surface area contributed by atoms with Crippen LogP contribution in [0.5, 0.6) is 0 Å². The van der Waals surface area contributed by atoms with Crippen molar-refractivity contribution >= 4 is 5.78 Å². The van der Waals surface area contributed by atoms with Gasteiger partial charge in [0.1, 0.15) is 11.6 Å². The quantitative estimate of drug-likeness (QED) is 0.764.